The van der Waals surface area contributed by atoms with Crippen molar-refractivity contribution in [3.8, 4) is 0 Å². The number of nitrogens with zero attached hydrogens (tertiary/aromatic N) is 2. The topological polar surface area (TPSA) is 58.2 Å². The Bertz CT molecular complexity index is 462. The van der Waals surface area contributed by atoms with E-state index in [0.717, 1.165) is 30.8 Å². The summed E-state index contributed by atoms with van der Waals surface area (Å²) in [7, 11) is 0. The molecule has 0 amide bonds. The van der Waals surface area contributed by atoms with Crippen molar-refractivity contribution in [1.82, 2.24) is 9.97 Å². The van der Waals surface area contributed by atoms with Crippen molar-refractivity contribution in [1.29, 1.82) is 0 Å². The van der Waals surface area contributed by atoms with Crippen molar-refractivity contribution < 1.29 is 4.74 Å². The molecular formula is C13H21N3O2. The van der Waals surface area contributed by atoms with Crippen LogP contribution in [-0.2, 0) is 11.2 Å². The van der Waals surface area contributed by atoms with Crippen LogP contribution in [0.4, 0.5) is 5.95 Å². The van der Waals surface area contributed by atoms with Crippen molar-refractivity contribution >= 4 is 5.95 Å². The fourth-order valence-corrected chi connectivity index (χ4v) is 2.17. The zero-order valence-electron chi connectivity index (χ0n) is 11.3. The van der Waals surface area contributed by atoms with Gasteiger partial charge in [0.2, 0.25) is 5.95 Å². The van der Waals surface area contributed by atoms with Crippen molar-refractivity contribution in [3.63, 3.8) is 0 Å². The number of hydrogen-bond acceptors (Lipinski definition) is 4. The summed E-state index contributed by atoms with van der Waals surface area (Å²) in [6.45, 7) is 9.07. The number of hydrogen-bond donors (Lipinski definition) is 1. The summed E-state index contributed by atoms with van der Waals surface area (Å²) in [4.78, 5) is 21.6. The number of H-pyrrole nitrogens is 1. The van der Waals surface area contributed by atoms with E-state index in [-0.39, 0.29) is 5.56 Å². The minimum absolute atomic E-state index is 0.00214. The van der Waals surface area contributed by atoms with Crippen molar-refractivity contribution in [3.05, 3.63) is 21.6 Å². The van der Waals surface area contributed by atoms with Crippen molar-refractivity contribution in [2.24, 2.45) is 5.92 Å². The SMILES string of the molecule is Cc1nc(N2CCOCC2)[nH]c(=O)c1CC(C)C. The Labute approximate surface area is 107 Å². The van der Waals surface area contributed by atoms with Gasteiger partial charge in [0.05, 0.1) is 13.2 Å². The molecule has 1 aromatic heterocycles. The maximum atomic E-state index is 12.1. The van der Waals surface area contributed by atoms with Gasteiger partial charge in [-0.1, -0.05) is 13.8 Å². The van der Waals surface area contributed by atoms with Gasteiger partial charge >= 0.3 is 0 Å². The summed E-state index contributed by atoms with van der Waals surface area (Å²) in [5.41, 5.74) is 1.65. The molecule has 0 atom stereocenters. The van der Waals surface area contributed by atoms with E-state index in [4.69, 9.17) is 4.74 Å². The van der Waals surface area contributed by atoms with Crippen molar-refractivity contribution in [2.45, 2.75) is 27.2 Å². The Balaban J connectivity index is 2.27. The Hall–Kier alpha value is -1.36. The fourth-order valence-electron chi connectivity index (χ4n) is 2.17. The molecule has 1 N–H and O–H groups in total. The van der Waals surface area contributed by atoms with Gasteiger partial charge < -0.3 is 9.64 Å². The predicted molar refractivity (Wildman–Crippen MR) is 71.2 cm³/mol. The normalized spacial score (nSPS) is 16.3. The highest BCUT2D eigenvalue weighted by atomic mass is 16.5. The Morgan fingerprint density at radius 3 is 2.61 bits per heavy atom. The second-order valence-corrected chi connectivity index (χ2v) is 5.15. The second-order valence-electron chi connectivity index (χ2n) is 5.15. The lowest BCUT2D eigenvalue weighted by atomic mass is 10.0. The molecule has 2 rings (SSSR count). The maximum Gasteiger partial charge on any atom is 0.255 e. The number of nitrogens with one attached hydrogen (secondary N) is 1. The highest BCUT2D eigenvalue weighted by Gasteiger charge is 2.16. The lowest BCUT2D eigenvalue weighted by molar-refractivity contribution is 0.122. The van der Waals surface area contributed by atoms with Gasteiger partial charge in [-0.15, -0.1) is 0 Å². The molecule has 0 unspecified atom stereocenters. The number of morpholine rings is 1. The van der Waals surface area contributed by atoms with Crippen LogP contribution in [0.2, 0.25) is 0 Å². The zero-order valence-corrected chi connectivity index (χ0v) is 11.3. The first kappa shape index (κ1) is 13.1. The second kappa shape index (κ2) is 5.52. The molecule has 1 aliphatic heterocycles. The standard InChI is InChI=1S/C13H21N3O2/c1-9(2)8-11-10(3)14-13(15-12(11)17)16-4-6-18-7-5-16/h9H,4-8H2,1-3H3,(H,14,15,17). The van der Waals surface area contributed by atoms with E-state index in [1.54, 1.807) is 0 Å². The number of aromatic nitrogens is 2. The molecule has 100 valence electrons. The van der Waals surface area contributed by atoms with Gasteiger partial charge in [-0.05, 0) is 19.3 Å². The number of anilines is 1. The van der Waals surface area contributed by atoms with E-state index in [1.807, 2.05) is 6.92 Å². The van der Waals surface area contributed by atoms with Crippen LogP contribution in [0.25, 0.3) is 0 Å². The molecule has 0 bridgehead atoms. The third kappa shape index (κ3) is 2.90. The molecule has 0 saturated carbocycles. The molecule has 0 spiro atoms. The summed E-state index contributed by atoms with van der Waals surface area (Å²) in [6, 6.07) is 0. The van der Waals surface area contributed by atoms with E-state index in [9.17, 15) is 4.79 Å². The van der Waals surface area contributed by atoms with E-state index < -0.39 is 0 Å². The Morgan fingerprint density at radius 2 is 2.06 bits per heavy atom. The van der Waals surface area contributed by atoms with E-state index >= 15 is 0 Å². The molecule has 0 aromatic carbocycles. The van der Waals surface area contributed by atoms with Crippen LogP contribution in [0.1, 0.15) is 25.1 Å². The van der Waals surface area contributed by atoms with Crippen LogP contribution < -0.4 is 10.5 Å². The lowest BCUT2D eigenvalue weighted by Gasteiger charge is -2.27. The molecule has 5 nitrogen and oxygen atoms in total. The van der Waals surface area contributed by atoms with Crippen molar-refractivity contribution in [2.75, 3.05) is 31.2 Å². The maximum absolute atomic E-state index is 12.1. The third-order valence-corrected chi connectivity index (χ3v) is 3.13. The van der Waals surface area contributed by atoms with Gasteiger partial charge in [0.25, 0.3) is 5.56 Å². The molecule has 18 heavy (non-hydrogen) atoms. The first-order valence-corrected chi connectivity index (χ1v) is 6.50. The van der Waals surface area contributed by atoms with Gasteiger partial charge in [-0.25, -0.2) is 4.98 Å². The minimum atomic E-state index is -0.00214. The zero-order chi connectivity index (χ0) is 13.1. The fraction of sp³-hybridized carbons (Fsp3) is 0.692. The molecule has 2 heterocycles. The molecule has 1 aromatic rings. The summed E-state index contributed by atoms with van der Waals surface area (Å²) in [6.07, 6.45) is 0.775. The van der Waals surface area contributed by atoms with Gasteiger partial charge in [-0.2, -0.15) is 0 Å². The summed E-state index contributed by atoms with van der Waals surface area (Å²) >= 11 is 0. The Kier molecular flexibility index (Phi) is 4.01. The number of aromatic amines is 1. The Morgan fingerprint density at radius 1 is 1.39 bits per heavy atom. The van der Waals surface area contributed by atoms with Crippen LogP contribution in [-0.4, -0.2) is 36.3 Å². The molecule has 1 aliphatic rings. The average molecular weight is 251 g/mol. The van der Waals surface area contributed by atoms with Crippen LogP contribution in [0.3, 0.4) is 0 Å². The molecule has 5 heteroatoms. The smallest absolute Gasteiger partial charge is 0.255 e. The monoisotopic (exact) mass is 251 g/mol. The van der Waals surface area contributed by atoms with E-state index in [2.05, 4.69) is 28.7 Å². The number of aryl methyl sites for hydroxylation is 1. The first-order valence-electron chi connectivity index (χ1n) is 6.50. The molecule has 0 radical (unpaired) electrons. The van der Waals surface area contributed by atoms with Crippen LogP contribution in [0.5, 0.6) is 0 Å². The van der Waals surface area contributed by atoms with Gasteiger partial charge in [-0.3, -0.25) is 9.78 Å². The largest absolute Gasteiger partial charge is 0.378 e. The predicted octanol–water partition coefficient (Wildman–Crippen LogP) is 1.11. The third-order valence-electron chi connectivity index (χ3n) is 3.13. The van der Waals surface area contributed by atoms with Crippen LogP contribution in [0, 0.1) is 12.8 Å². The van der Waals surface area contributed by atoms with E-state index in [0.29, 0.717) is 25.1 Å². The van der Waals surface area contributed by atoms with Gasteiger partial charge in [0.15, 0.2) is 0 Å². The minimum Gasteiger partial charge on any atom is -0.378 e. The lowest BCUT2D eigenvalue weighted by Crippen LogP contribution is -2.38. The van der Waals surface area contributed by atoms with E-state index in [1.165, 1.54) is 0 Å². The van der Waals surface area contributed by atoms with Crippen LogP contribution in [0.15, 0.2) is 4.79 Å². The van der Waals surface area contributed by atoms with Crippen LogP contribution >= 0.6 is 0 Å². The van der Waals surface area contributed by atoms with Gasteiger partial charge in [0, 0.05) is 24.3 Å². The highest BCUT2D eigenvalue weighted by molar-refractivity contribution is 5.33. The average Bonchev–Trinajstić information content (AvgIpc) is 2.34. The molecule has 0 aliphatic carbocycles. The summed E-state index contributed by atoms with van der Waals surface area (Å²) < 4.78 is 5.30. The first-order chi connectivity index (χ1) is 8.58. The molecular weight excluding hydrogens is 230 g/mol. The number of rotatable bonds is 3. The summed E-state index contributed by atoms with van der Waals surface area (Å²) in [5.74, 6) is 1.13. The quantitative estimate of drug-likeness (QED) is 0.874. The van der Waals surface area contributed by atoms with Gasteiger partial charge in [0.1, 0.15) is 0 Å². The number of ether oxygens (including phenoxy) is 1. The summed E-state index contributed by atoms with van der Waals surface area (Å²) in [5, 5.41) is 0. The highest BCUT2D eigenvalue weighted by Crippen LogP contribution is 2.12. The molecule has 1 fully saturated rings. The molecule has 1 saturated heterocycles.